The lowest BCUT2D eigenvalue weighted by molar-refractivity contribution is -0.137. The van der Waals surface area contributed by atoms with E-state index in [2.05, 4.69) is 9.73 Å². The monoisotopic (exact) mass is 265 g/mol. The predicted octanol–water partition coefficient (Wildman–Crippen LogP) is -1.07. The van der Waals surface area contributed by atoms with E-state index >= 15 is 0 Å². The van der Waals surface area contributed by atoms with Gasteiger partial charge < -0.3 is 10.0 Å². The molecule has 8 heteroatoms. The maximum absolute atomic E-state index is 11.6. The highest BCUT2D eigenvalue weighted by molar-refractivity contribution is 7.89. The summed E-state index contributed by atoms with van der Waals surface area (Å²) < 4.78 is 23.2. The van der Waals surface area contributed by atoms with E-state index in [0.717, 1.165) is 13.1 Å². The number of piperazine rings is 1. The van der Waals surface area contributed by atoms with Gasteiger partial charge in [0.1, 0.15) is 0 Å². The minimum absolute atomic E-state index is 0.121. The van der Waals surface area contributed by atoms with Crippen molar-refractivity contribution in [3.63, 3.8) is 0 Å². The number of carboxylic acid groups (broad SMARTS) is 1. The molecule has 1 heterocycles. The van der Waals surface area contributed by atoms with Crippen LogP contribution >= 0.6 is 0 Å². The van der Waals surface area contributed by atoms with Gasteiger partial charge in [-0.25, -0.2) is 13.4 Å². The van der Waals surface area contributed by atoms with Gasteiger partial charge in [0.05, 0.1) is 5.75 Å². The molecule has 0 atom stereocenters. The van der Waals surface area contributed by atoms with Crippen LogP contribution in [0.4, 0.5) is 0 Å². The summed E-state index contributed by atoms with van der Waals surface area (Å²) in [5.74, 6) is -1.12. The minimum atomic E-state index is -3.40. The summed E-state index contributed by atoms with van der Waals surface area (Å²) in [5.41, 5.74) is 0. The van der Waals surface area contributed by atoms with Crippen molar-refractivity contribution in [2.75, 3.05) is 39.0 Å². The van der Waals surface area contributed by atoms with Crippen molar-refractivity contribution in [1.82, 2.24) is 14.7 Å². The summed E-state index contributed by atoms with van der Waals surface area (Å²) in [4.78, 5) is 14.9. The molecule has 0 aromatic carbocycles. The summed E-state index contributed by atoms with van der Waals surface area (Å²) in [6.07, 6.45) is 0.0159. The summed E-state index contributed by atoms with van der Waals surface area (Å²) in [6, 6.07) is 0. The van der Waals surface area contributed by atoms with Crippen molar-refractivity contribution in [3.8, 4) is 0 Å². The summed E-state index contributed by atoms with van der Waals surface area (Å²) >= 11 is 0. The molecule has 1 fully saturated rings. The van der Waals surface area contributed by atoms with Gasteiger partial charge in [0.2, 0.25) is 10.0 Å². The van der Waals surface area contributed by atoms with Crippen molar-refractivity contribution in [1.29, 1.82) is 0 Å². The van der Waals surface area contributed by atoms with E-state index in [-0.39, 0.29) is 18.6 Å². The Morgan fingerprint density at radius 2 is 1.88 bits per heavy atom. The number of rotatable bonds is 6. The van der Waals surface area contributed by atoms with Crippen LogP contribution < -0.4 is 4.83 Å². The summed E-state index contributed by atoms with van der Waals surface area (Å²) in [7, 11) is -1.42. The molecule has 17 heavy (non-hydrogen) atoms. The number of aliphatic carboxylic acids is 1. The number of carbonyl (C=O) groups is 1. The average Bonchev–Trinajstić information content (AvgIpc) is 2.20. The second-order valence-corrected chi connectivity index (χ2v) is 6.02. The lowest BCUT2D eigenvalue weighted by Crippen LogP contribution is -2.52. The molecule has 7 nitrogen and oxygen atoms in total. The molecule has 0 radical (unpaired) electrons. The third-order valence-electron chi connectivity index (χ3n) is 2.58. The fourth-order valence-corrected chi connectivity index (χ4v) is 2.75. The van der Waals surface area contributed by atoms with Crippen LogP contribution in [0.2, 0.25) is 0 Å². The smallest absolute Gasteiger partial charge is 0.303 e. The molecule has 0 aliphatic carbocycles. The van der Waals surface area contributed by atoms with E-state index in [0.29, 0.717) is 13.1 Å². The van der Waals surface area contributed by atoms with Crippen molar-refractivity contribution in [2.45, 2.75) is 12.8 Å². The van der Waals surface area contributed by atoms with E-state index in [1.165, 1.54) is 0 Å². The first-order chi connectivity index (χ1) is 7.89. The zero-order valence-corrected chi connectivity index (χ0v) is 10.7. The van der Waals surface area contributed by atoms with Gasteiger partial charge in [-0.3, -0.25) is 4.79 Å². The molecule has 2 N–H and O–H groups in total. The Hall–Kier alpha value is -0.700. The van der Waals surface area contributed by atoms with Crippen LogP contribution in [-0.2, 0) is 14.8 Å². The molecule has 0 saturated carbocycles. The van der Waals surface area contributed by atoms with Crippen LogP contribution in [0.3, 0.4) is 0 Å². The molecule has 1 aliphatic rings. The van der Waals surface area contributed by atoms with Gasteiger partial charge in [-0.05, 0) is 13.5 Å². The lowest BCUT2D eigenvalue weighted by Gasteiger charge is -2.32. The Kier molecular flexibility index (Phi) is 5.31. The van der Waals surface area contributed by atoms with Crippen LogP contribution in [0.5, 0.6) is 0 Å². The SMILES string of the molecule is CN1CCN(NS(=O)(=O)CCCC(=O)O)CC1. The standard InChI is InChI=1S/C9H19N3O4S/c1-11-4-6-12(7-5-11)10-17(15,16)8-2-3-9(13)14/h10H,2-8H2,1H3,(H,13,14). The fourth-order valence-electron chi connectivity index (χ4n) is 1.55. The molecular formula is C9H19N3O4S. The number of sulfonamides is 1. The van der Waals surface area contributed by atoms with Crippen LogP contribution in [-0.4, -0.2) is 68.4 Å². The van der Waals surface area contributed by atoms with Gasteiger partial charge in [0.15, 0.2) is 0 Å². The van der Waals surface area contributed by atoms with Gasteiger partial charge in [-0.1, -0.05) is 0 Å². The highest BCUT2D eigenvalue weighted by Gasteiger charge is 2.19. The van der Waals surface area contributed by atoms with Crippen LogP contribution in [0.25, 0.3) is 0 Å². The Labute approximate surface area is 101 Å². The largest absolute Gasteiger partial charge is 0.481 e. The Morgan fingerprint density at radius 1 is 1.29 bits per heavy atom. The topological polar surface area (TPSA) is 90.0 Å². The zero-order chi connectivity index (χ0) is 12.9. The number of hydrogen-bond donors (Lipinski definition) is 2. The molecule has 1 aliphatic heterocycles. The summed E-state index contributed by atoms with van der Waals surface area (Å²) in [5, 5.41) is 10.1. The van der Waals surface area contributed by atoms with E-state index in [9.17, 15) is 13.2 Å². The second kappa shape index (κ2) is 6.29. The maximum atomic E-state index is 11.6. The highest BCUT2D eigenvalue weighted by atomic mass is 32.2. The molecule has 1 saturated heterocycles. The fraction of sp³-hybridized carbons (Fsp3) is 0.889. The minimum Gasteiger partial charge on any atom is -0.481 e. The molecule has 0 amide bonds. The molecule has 1 rings (SSSR count). The number of hydrazine groups is 1. The first kappa shape index (κ1) is 14.4. The number of nitrogens with one attached hydrogen (secondary N) is 1. The highest BCUT2D eigenvalue weighted by Crippen LogP contribution is 2.00. The number of carboxylic acids is 1. The number of nitrogens with zero attached hydrogens (tertiary/aromatic N) is 2. The van der Waals surface area contributed by atoms with E-state index < -0.39 is 16.0 Å². The van der Waals surface area contributed by atoms with Gasteiger partial charge in [-0.2, -0.15) is 0 Å². The predicted molar refractivity (Wildman–Crippen MR) is 62.9 cm³/mol. The van der Waals surface area contributed by atoms with Crippen molar-refractivity contribution >= 4 is 16.0 Å². The second-order valence-electron chi connectivity index (χ2n) is 4.20. The summed E-state index contributed by atoms with van der Waals surface area (Å²) in [6.45, 7) is 2.93. The Balaban J connectivity index is 2.31. The zero-order valence-electron chi connectivity index (χ0n) is 9.92. The van der Waals surface area contributed by atoms with E-state index in [1.54, 1.807) is 5.01 Å². The average molecular weight is 265 g/mol. The lowest BCUT2D eigenvalue weighted by atomic mass is 10.3. The molecule has 0 aromatic rings. The van der Waals surface area contributed by atoms with Gasteiger partial charge in [0, 0.05) is 32.6 Å². The van der Waals surface area contributed by atoms with Crippen LogP contribution in [0.1, 0.15) is 12.8 Å². The molecule has 100 valence electrons. The number of hydrogen-bond acceptors (Lipinski definition) is 5. The van der Waals surface area contributed by atoms with Gasteiger partial charge in [0.25, 0.3) is 0 Å². The van der Waals surface area contributed by atoms with Gasteiger partial charge in [-0.15, -0.1) is 4.83 Å². The quantitative estimate of drug-likeness (QED) is 0.636. The van der Waals surface area contributed by atoms with Crippen molar-refractivity contribution in [3.05, 3.63) is 0 Å². The maximum Gasteiger partial charge on any atom is 0.303 e. The first-order valence-electron chi connectivity index (χ1n) is 5.54. The van der Waals surface area contributed by atoms with E-state index in [1.807, 2.05) is 7.05 Å². The normalized spacial score (nSPS) is 19.4. The van der Waals surface area contributed by atoms with Crippen molar-refractivity contribution < 1.29 is 18.3 Å². The molecule has 0 spiro atoms. The van der Waals surface area contributed by atoms with Crippen molar-refractivity contribution in [2.24, 2.45) is 0 Å². The molecule has 0 unspecified atom stereocenters. The first-order valence-corrected chi connectivity index (χ1v) is 7.20. The third-order valence-corrected chi connectivity index (χ3v) is 3.94. The Morgan fingerprint density at radius 3 is 2.41 bits per heavy atom. The van der Waals surface area contributed by atoms with Crippen LogP contribution in [0.15, 0.2) is 0 Å². The molecule has 0 bridgehead atoms. The number of likely N-dealkylation sites (N-methyl/N-ethyl adjacent to an activating group) is 1. The molecular weight excluding hydrogens is 246 g/mol. The Bertz CT molecular complexity index is 349. The van der Waals surface area contributed by atoms with Crippen LogP contribution in [0, 0.1) is 0 Å². The third kappa shape index (κ3) is 5.97. The molecule has 0 aromatic heterocycles. The van der Waals surface area contributed by atoms with E-state index in [4.69, 9.17) is 5.11 Å². The van der Waals surface area contributed by atoms with Gasteiger partial charge >= 0.3 is 5.97 Å².